The minimum absolute atomic E-state index is 0.0206. The summed E-state index contributed by atoms with van der Waals surface area (Å²) in [5, 5.41) is 16.0. The van der Waals surface area contributed by atoms with Crippen LogP contribution >= 0.6 is 0 Å². The number of hydrogen-bond acceptors (Lipinski definition) is 3. The molecule has 0 aliphatic heterocycles. The van der Waals surface area contributed by atoms with Crippen LogP contribution in [0.3, 0.4) is 0 Å². The van der Waals surface area contributed by atoms with Gasteiger partial charge in [-0.2, -0.15) is 0 Å². The first-order chi connectivity index (χ1) is 9.47. The molecule has 0 bridgehead atoms. The number of aromatic hydroxyl groups is 1. The van der Waals surface area contributed by atoms with Gasteiger partial charge in [0.1, 0.15) is 5.75 Å². The molecule has 1 aromatic carbocycles. The van der Waals surface area contributed by atoms with Crippen molar-refractivity contribution in [3.8, 4) is 5.75 Å². The molecular formula is C16H24N2O2. The largest absolute Gasteiger partial charge is 0.508 e. The topological polar surface area (TPSA) is 61.4 Å². The Morgan fingerprint density at radius 2 is 2.10 bits per heavy atom. The molecule has 0 spiro atoms. The van der Waals surface area contributed by atoms with Gasteiger partial charge in [0.2, 0.25) is 5.91 Å². The van der Waals surface area contributed by atoms with Crippen molar-refractivity contribution in [1.82, 2.24) is 10.6 Å². The Balaban J connectivity index is 2.08. The third kappa shape index (κ3) is 3.51. The molecule has 110 valence electrons. The van der Waals surface area contributed by atoms with Crippen molar-refractivity contribution < 1.29 is 9.90 Å². The fraction of sp³-hybridized carbons (Fsp3) is 0.562. The summed E-state index contributed by atoms with van der Waals surface area (Å²) in [4.78, 5) is 12.0. The number of amides is 1. The maximum absolute atomic E-state index is 12.0. The minimum Gasteiger partial charge on any atom is -0.508 e. The number of hydrogen-bond donors (Lipinski definition) is 3. The van der Waals surface area contributed by atoms with E-state index in [4.69, 9.17) is 0 Å². The Labute approximate surface area is 120 Å². The molecule has 1 aliphatic rings. The molecule has 0 heterocycles. The van der Waals surface area contributed by atoms with E-state index in [9.17, 15) is 9.90 Å². The molecule has 20 heavy (non-hydrogen) atoms. The molecule has 1 aliphatic carbocycles. The van der Waals surface area contributed by atoms with E-state index in [0.717, 1.165) is 24.8 Å². The zero-order chi connectivity index (χ0) is 14.7. The molecule has 4 nitrogen and oxygen atoms in total. The van der Waals surface area contributed by atoms with Gasteiger partial charge >= 0.3 is 0 Å². The molecular weight excluding hydrogens is 252 g/mol. The maximum Gasteiger partial charge on any atom is 0.237 e. The highest BCUT2D eigenvalue weighted by molar-refractivity contribution is 5.81. The zero-order valence-corrected chi connectivity index (χ0v) is 12.4. The van der Waals surface area contributed by atoms with Crippen molar-refractivity contribution >= 4 is 5.91 Å². The van der Waals surface area contributed by atoms with E-state index in [1.807, 2.05) is 32.9 Å². The van der Waals surface area contributed by atoms with Gasteiger partial charge < -0.3 is 10.4 Å². The summed E-state index contributed by atoms with van der Waals surface area (Å²) in [7, 11) is 0. The van der Waals surface area contributed by atoms with Gasteiger partial charge in [-0.25, -0.2) is 0 Å². The Hall–Kier alpha value is -1.55. The molecule has 2 rings (SSSR count). The van der Waals surface area contributed by atoms with Crippen LogP contribution in [-0.4, -0.2) is 23.1 Å². The molecule has 2 unspecified atom stereocenters. The molecule has 0 fully saturated rings. The van der Waals surface area contributed by atoms with Crippen LogP contribution in [0.15, 0.2) is 18.2 Å². The van der Waals surface area contributed by atoms with Crippen molar-refractivity contribution in [3.63, 3.8) is 0 Å². The fourth-order valence-corrected chi connectivity index (χ4v) is 2.75. The van der Waals surface area contributed by atoms with Crippen LogP contribution in [0.5, 0.6) is 5.75 Å². The quantitative estimate of drug-likeness (QED) is 0.790. The third-order valence-electron chi connectivity index (χ3n) is 3.72. The highest BCUT2D eigenvalue weighted by Crippen LogP contribution is 2.32. The van der Waals surface area contributed by atoms with Gasteiger partial charge in [-0.3, -0.25) is 10.1 Å². The van der Waals surface area contributed by atoms with E-state index < -0.39 is 0 Å². The van der Waals surface area contributed by atoms with Gasteiger partial charge in [0.15, 0.2) is 0 Å². The number of fused-ring (bicyclic) bond motifs is 1. The lowest BCUT2D eigenvalue weighted by Gasteiger charge is -2.29. The summed E-state index contributed by atoms with van der Waals surface area (Å²) in [5.74, 6) is 0.309. The molecule has 0 aromatic heterocycles. The zero-order valence-electron chi connectivity index (χ0n) is 12.4. The number of nitrogens with one attached hydrogen (secondary N) is 2. The number of phenols is 1. The van der Waals surface area contributed by atoms with Crippen LogP contribution in [0.1, 0.15) is 50.8 Å². The van der Waals surface area contributed by atoms with E-state index >= 15 is 0 Å². The van der Waals surface area contributed by atoms with Crippen LogP contribution in [0.25, 0.3) is 0 Å². The standard InChI is InChI=1S/C16H24N2O2/c1-10(2)17-16(20)11(3)18-15-6-4-5-12-7-8-13(19)9-14(12)15/h7-11,15,18-19H,4-6H2,1-3H3,(H,17,20). The number of aryl methyl sites for hydroxylation is 1. The monoisotopic (exact) mass is 276 g/mol. The molecule has 4 heteroatoms. The Morgan fingerprint density at radius 3 is 2.80 bits per heavy atom. The summed E-state index contributed by atoms with van der Waals surface area (Å²) in [6.07, 6.45) is 3.14. The van der Waals surface area contributed by atoms with Crippen LogP contribution in [0.2, 0.25) is 0 Å². The highest BCUT2D eigenvalue weighted by atomic mass is 16.3. The number of benzene rings is 1. The summed E-state index contributed by atoms with van der Waals surface area (Å²) in [6.45, 7) is 5.80. The van der Waals surface area contributed by atoms with Gasteiger partial charge in [0.25, 0.3) is 0 Å². The van der Waals surface area contributed by atoms with Crippen molar-refractivity contribution in [2.75, 3.05) is 0 Å². The van der Waals surface area contributed by atoms with Crippen LogP contribution < -0.4 is 10.6 Å². The number of carbonyl (C=O) groups is 1. The molecule has 2 atom stereocenters. The van der Waals surface area contributed by atoms with Gasteiger partial charge in [-0.05, 0) is 63.3 Å². The van der Waals surface area contributed by atoms with E-state index in [1.165, 1.54) is 5.56 Å². The summed E-state index contributed by atoms with van der Waals surface area (Å²) >= 11 is 0. The molecule has 0 radical (unpaired) electrons. The lowest BCUT2D eigenvalue weighted by Crippen LogP contribution is -2.46. The normalized spacial score (nSPS) is 19.5. The smallest absolute Gasteiger partial charge is 0.237 e. The van der Waals surface area contributed by atoms with E-state index in [2.05, 4.69) is 10.6 Å². The van der Waals surface area contributed by atoms with Crippen molar-refractivity contribution in [3.05, 3.63) is 29.3 Å². The molecule has 0 saturated carbocycles. The van der Waals surface area contributed by atoms with Crippen LogP contribution in [0, 0.1) is 0 Å². The number of rotatable bonds is 4. The molecule has 1 amide bonds. The summed E-state index contributed by atoms with van der Waals surface area (Å²) < 4.78 is 0. The first-order valence-corrected chi connectivity index (χ1v) is 7.35. The Bertz CT molecular complexity index is 485. The Morgan fingerprint density at radius 1 is 1.35 bits per heavy atom. The average Bonchev–Trinajstić information content (AvgIpc) is 2.38. The van der Waals surface area contributed by atoms with E-state index in [1.54, 1.807) is 6.07 Å². The van der Waals surface area contributed by atoms with Crippen LogP contribution in [-0.2, 0) is 11.2 Å². The van der Waals surface area contributed by atoms with Crippen molar-refractivity contribution in [2.24, 2.45) is 0 Å². The first kappa shape index (κ1) is 14.9. The predicted octanol–water partition coefficient (Wildman–Crippen LogP) is 2.27. The molecule has 0 saturated heterocycles. The van der Waals surface area contributed by atoms with Gasteiger partial charge in [0, 0.05) is 12.1 Å². The fourth-order valence-electron chi connectivity index (χ4n) is 2.75. The summed E-state index contributed by atoms with van der Waals surface area (Å²) in [6, 6.07) is 5.58. The Kier molecular flexibility index (Phi) is 4.65. The van der Waals surface area contributed by atoms with E-state index in [-0.39, 0.29) is 29.8 Å². The summed E-state index contributed by atoms with van der Waals surface area (Å²) in [5.41, 5.74) is 2.39. The molecule has 1 aromatic rings. The number of phenolic OH excluding ortho intramolecular Hbond substituents is 1. The highest BCUT2D eigenvalue weighted by Gasteiger charge is 2.24. The lowest BCUT2D eigenvalue weighted by molar-refractivity contribution is -0.123. The second-order valence-electron chi connectivity index (χ2n) is 5.88. The van der Waals surface area contributed by atoms with Crippen molar-refractivity contribution in [1.29, 1.82) is 0 Å². The molecule has 3 N–H and O–H groups in total. The maximum atomic E-state index is 12.0. The predicted molar refractivity (Wildman–Crippen MR) is 79.7 cm³/mol. The SMILES string of the molecule is CC(C)NC(=O)C(C)NC1CCCc2ccc(O)cc21. The second-order valence-corrected chi connectivity index (χ2v) is 5.88. The van der Waals surface area contributed by atoms with E-state index in [0.29, 0.717) is 0 Å². The first-order valence-electron chi connectivity index (χ1n) is 7.35. The van der Waals surface area contributed by atoms with Gasteiger partial charge in [-0.15, -0.1) is 0 Å². The third-order valence-corrected chi connectivity index (χ3v) is 3.72. The second kappa shape index (κ2) is 6.27. The van der Waals surface area contributed by atoms with Crippen LogP contribution in [0.4, 0.5) is 0 Å². The number of carbonyl (C=O) groups excluding carboxylic acids is 1. The minimum atomic E-state index is -0.240. The van der Waals surface area contributed by atoms with Crippen molar-refractivity contribution in [2.45, 2.75) is 58.2 Å². The van der Waals surface area contributed by atoms with Gasteiger partial charge in [0.05, 0.1) is 6.04 Å². The van der Waals surface area contributed by atoms with Gasteiger partial charge in [-0.1, -0.05) is 6.07 Å². The average molecular weight is 276 g/mol. The lowest BCUT2D eigenvalue weighted by atomic mass is 9.87.